The smallest absolute Gasteiger partial charge is 0.257 e. The zero-order valence-corrected chi connectivity index (χ0v) is 11.9. The second-order valence-corrected chi connectivity index (χ2v) is 5.59. The van der Waals surface area contributed by atoms with E-state index in [1.807, 2.05) is 0 Å². The lowest BCUT2D eigenvalue weighted by Gasteiger charge is -2.35. The lowest BCUT2D eigenvalue weighted by molar-refractivity contribution is 0.0618. The van der Waals surface area contributed by atoms with Crippen molar-refractivity contribution in [2.45, 2.75) is 13.8 Å². The summed E-state index contributed by atoms with van der Waals surface area (Å²) in [5.41, 5.74) is -0.178. The highest BCUT2D eigenvalue weighted by molar-refractivity contribution is 5.94. The molecule has 1 fully saturated rings. The van der Waals surface area contributed by atoms with Gasteiger partial charge in [-0.25, -0.2) is 8.78 Å². The van der Waals surface area contributed by atoms with Crippen LogP contribution in [0.2, 0.25) is 0 Å². The summed E-state index contributed by atoms with van der Waals surface area (Å²) < 4.78 is 26.8. The van der Waals surface area contributed by atoms with Crippen molar-refractivity contribution in [3.05, 3.63) is 35.4 Å². The van der Waals surface area contributed by atoms with Crippen molar-refractivity contribution in [2.75, 3.05) is 32.7 Å². The Kier molecular flexibility index (Phi) is 4.70. The quantitative estimate of drug-likeness (QED) is 0.850. The van der Waals surface area contributed by atoms with Gasteiger partial charge < -0.3 is 4.90 Å². The van der Waals surface area contributed by atoms with Crippen LogP contribution in [0.1, 0.15) is 24.2 Å². The van der Waals surface area contributed by atoms with Crippen LogP contribution in [0.15, 0.2) is 18.2 Å². The van der Waals surface area contributed by atoms with Crippen LogP contribution in [-0.4, -0.2) is 48.4 Å². The Morgan fingerprint density at radius 1 is 1.20 bits per heavy atom. The lowest BCUT2D eigenvalue weighted by atomic mass is 10.1. The molecule has 1 aliphatic heterocycles. The number of carbonyl (C=O) groups excluding carboxylic acids is 1. The Morgan fingerprint density at radius 3 is 2.45 bits per heavy atom. The Balaban J connectivity index is 2.00. The van der Waals surface area contributed by atoms with Gasteiger partial charge in [-0.2, -0.15) is 0 Å². The van der Waals surface area contributed by atoms with Crippen LogP contribution in [0.25, 0.3) is 0 Å². The van der Waals surface area contributed by atoms with Crippen molar-refractivity contribution >= 4 is 5.91 Å². The number of hydrogen-bond donors (Lipinski definition) is 0. The molecule has 1 aromatic rings. The molecule has 1 amide bonds. The molecule has 1 aromatic carbocycles. The van der Waals surface area contributed by atoms with Gasteiger partial charge in [0.05, 0.1) is 5.56 Å². The number of nitrogens with zero attached hydrogens (tertiary/aromatic N) is 2. The second kappa shape index (κ2) is 6.31. The molecule has 0 aliphatic carbocycles. The monoisotopic (exact) mass is 282 g/mol. The zero-order chi connectivity index (χ0) is 14.7. The fraction of sp³-hybridized carbons (Fsp3) is 0.533. The van der Waals surface area contributed by atoms with Gasteiger partial charge in [0.1, 0.15) is 0 Å². The summed E-state index contributed by atoms with van der Waals surface area (Å²) in [6.07, 6.45) is 0. The summed E-state index contributed by atoms with van der Waals surface area (Å²) in [7, 11) is 0. The fourth-order valence-corrected chi connectivity index (χ4v) is 2.49. The first kappa shape index (κ1) is 14.9. The van der Waals surface area contributed by atoms with E-state index in [2.05, 4.69) is 18.7 Å². The molecule has 0 aromatic heterocycles. The minimum absolute atomic E-state index is 0.178. The van der Waals surface area contributed by atoms with Crippen LogP contribution in [0.4, 0.5) is 8.78 Å². The fourth-order valence-electron chi connectivity index (χ4n) is 2.49. The highest BCUT2D eigenvalue weighted by Gasteiger charge is 2.25. The van der Waals surface area contributed by atoms with E-state index in [0.717, 1.165) is 25.7 Å². The summed E-state index contributed by atoms with van der Waals surface area (Å²) in [5.74, 6) is -1.87. The molecule has 0 radical (unpaired) electrons. The largest absolute Gasteiger partial charge is 0.336 e. The highest BCUT2D eigenvalue weighted by atomic mass is 19.2. The minimum Gasteiger partial charge on any atom is -0.336 e. The van der Waals surface area contributed by atoms with E-state index >= 15 is 0 Å². The first-order chi connectivity index (χ1) is 9.49. The van der Waals surface area contributed by atoms with Crippen molar-refractivity contribution in [1.82, 2.24) is 9.80 Å². The van der Waals surface area contributed by atoms with Gasteiger partial charge in [0.15, 0.2) is 11.6 Å². The van der Waals surface area contributed by atoms with Crippen LogP contribution in [0.3, 0.4) is 0 Å². The summed E-state index contributed by atoms with van der Waals surface area (Å²) in [4.78, 5) is 16.1. The third-order valence-electron chi connectivity index (χ3n) is 3.46. The van der Waals surface area contributed by atoms with Crippen molar-refractivity contribution in [3.8, 4) is 0 Å². The number of piperazine rings is 1. The van der Waals surface area contributed by atoms with Crippen LogP contribution >= 0.6 is 0 Å². The predicted octanol–water partition coefficient (Wildman–Crippen LogP) is 2.38. The van der Waals surface area contributed by atoms with Crippen LogP contribution in [0, 0.1) is 17.6 Å². The minimum atomic E-state index is -1.05. The van der Waals surface area contributed by atoms with Gasteiger partial charge in [0.2, 0.25) is 0 Å². The van der Waals surface area contributed by atoms with E-state index in [9.17, 15) is 13.6 Å². The molecule has 0 bridgehead atoms. The topological polar surface area (TPSA) is 23.6 Å². The van der Waals surface area contributed by atoms with Crippen LogP contribution in [-0.2, 0) is 0 Å². The normalized spacial score (nSPS) is 16.8. The van der Waals surface area contributed by atoms with Crippen molar-refractivity contribution in [1.29, 1.82) is 0 Å². The van der Waals surface area contributed by atoms with Crippen molar-refractivity contribution in [3.63, 3.8) is 0 Å². The second-order valence-electron chi connectivity index (χ2n) is 5.59. The number of carbonyl (C=O) groups is 1. The van der Waals surface area contributed by atoms with E-state index in [0.29, 0.717) is 19.0 Å². The van der Waals surface area contributed by atoms with Gasteiger partial charge in [0, 0.05) is 32.7 Å². The third kappa shape index (κ3) is 3.33. The standard InChI is InChI=1S/C15H20F2N2O/c1-11(2)10-18-6-8-19(9-7-18)15(20)12-4-3-5-13(16)14(12)17/h3-5,11H,6-10H2,1-2H3. The molecule has 0 atom stereocenters. The number of amides is 1. The average molecular weight is 282 g/mol. The van der Waals surface area contributed by atoms with Gasteiger partial charge in [-0.05, 0) is 18.1 Å². The Morgan fingerprint density at radius 2 is 1.85 bits per heavy atom. The Hall–Kier alpha value is -1.49. The number of benzene rings is 1. The molecular weight excluding hydrogens is 262 g/mol. The maximum absolute atomic E-state index is 13.6. The number of halogens is 2. The summed E-state index contributed by atoms with van der Waals surface area (Å²) in [6, 6.07) is 3.72. The van der Waals surface area contributed by atoms with E-state index in [4.69, 9.17) is 0 Å². The molecule has 2 rings (SSSR count). The summed E-state index contributed by atoms with van der Waals surface area (Å²) in [5, 5.41) is 0. The summed E-state index contributed by atoms with van der Waals surface area (Å²) >= 11 is 0. The molecule has 110 valence electrons. The van der Waals surface area contributed by atoms with Gasteiger partial charge in [-0.1, -0.05) is 19.9 Å². The van der Waals surface area contributed by atoms with Gasteiger partial charge in [-0.3, -0.25) is 9.69 Å². The summed E-state index contributed by atoms with van der Waals surface area (Å²) in [6.45, 7) is 7.97. The van der Waals surface area contributed by atoms with Gasteiger partial charge in [0.25, 0.3) is 5.91 Å². The highest BCUT2D eigenvalue weighted by Crippen LogP contribution is 2.15. The zero-order valence-electron chi connectivity index (χ0n) is 11.9. The predicted molar refractivity (Wildman–Crippen MR) is 73.5 cm³/mol. The molecule has 0 spiro atoms. The maximum atomic E-state index is 13.6. The lowest BCUT2D eigenvalue weighted by Crippen LogP contribution is -2.49. The molecule has 1 aliphatic rings. The Bertz CT molecular complexity index is 483. The third-order valence-corrected chi connectivity index (χ3v) is 3.46. The molecule has 1 saturated heterocycles. The SMILES string of the molecule is CC(C)CN1CCN(C(=O)c2cccc(F)c2F)CC1. The van der Waals surface area contributed by atoms with Gasteiger partial charge in [-0.15, -0.1) is 0 Å². The molecule has 0 saturated carbocycles. The van der Waals surface area contributed by atoms with Crippen LogP contribution in [0.5, 0.6) is 0 Å². The molecule has 3 nitrogen and oxygen atoms in total. The molecule has 5 heteroatoms. The van der Waals surface area contributed by atoms with E-state index in [1.54, 1.807) is 4.90 Å². The van der Waals surface area contributed by atoms with E-state index in [1.165, 1.54) is 12.1 Å². The number of rotatable bonds is 3. The van der Waals surface area contributed by atoms with E-state index in [-0.39, 0.29) is 5.56 Å². The first-order valence-electron chi connectivity index (χ1n) is 6.94. The Labute approximate surface area is 118 Å². The van der Waals surface area contributed by atoms with Crippen molar-refractivity contribution in [2.24, 2.45) is 5.92 Å². The average Bonchev–Trinajstić information content (AvgIpc) is 2.41. The molecule has 20 heavy (non-hydrogen) atoms. The molecule has 0 unspecified atom stereocenters. The van der Waals surface area contributed by atoms with E-state index < -0.39 is 17.5 Å². The molecule has 0 N–H and O–H groups in total. The van der Waals surface area contributed by atoms with Crippen LogP contribution < -0.4 is 0 Å². The maximum Gasteiger partial charge on any atom is 0.257 e. The first-order valence-corrected chi connectivity index (χ1v) is 6.94. The van der Waals surface area contributed by atoms with Crippen molar-refractivity contribution < 1.29 is 13.6 Å². The molecular formula is C15H20F2N2O. The molecule has 1 heterocycles. The van der Waals surface area contributed by atoms with Gasteiger partial charge >= 0.3 is 0 Å². The number of hydrogen-bond acceptors (Lipinski definition) is 2.